The number of hydrogen-bond donors (Lipinski definition) is 1. The summed E-state index contributed by atoms with van der Waals surface area (Å²) >= 11 is 0. The summed E-state index contributed by atoms with van der Waals surface area (Å²) < 4.78 is 30.1. The SMILES string of the molecule is COc1ccccc1C(C)(C)CNS(C)(=O)=O. The van der Waals surface area contributed by atoms with Gasteiger partial charge in [-0.2, -0.15) is 0 Å². The van der Waals surface area contributed by atoms with E-state index in [9.17, 15) is 8.42 Å². The number of sulfonamides is 1. The highest BCUT2D eigenvalue weighted by atomic mass is 32.2. The molecule has 0 saturated heterocycles. The molecule has 0 saturated carbocycles. The van der Waals surface area contributed by atoms with Gasteiger partial charge in [0, 0.05) is 17.5 Å². The molecule has 0 fully saturated rings. The Labute approximate surface area is 103 Å². The van der Waals surface area contributed by atoms with Gasteiger partial charge in [-0.15, -0.1) is 0 Å². The van der Waals surface area contributed by atoms with Gasteiger partial charge in [0.05, 0.1) is 13.4 Å². The minimum absolute atomic E-state index is 0.324. The van der Waals surface area contributed by atoms with Gasteiger partial charge in [0.1, 0.15) is 5.75 Å². The molecule has 0 aromatic heterocycles. The highest BCUT2D eigenvalue weighted by molar-refractivity contribution is 7.88. The van der Waals surface area contributed by atoms with Crippen LogP contribution in [-0.2, 0) is 15.4 Å². The van der Waals surface area contributed by atoms with Gasteiger partial charge in [-0.1, -0.05) is 32.0 Å². The van der Waals surface area contributed by atoms with Crippen LogP contribution in [0, 0.1) is 0 Å². The molecular formula is C12H19NO3S. The topological polar surface area (TPSA) is 55.4 Å². The van der Waals surface area contributed by atoms with Crippen molar-refractivity contribution in [3.8, 4) is 5.75 Å². The lowest BCUT2D eigenvalue weighted by molar-refractivity contribution is 0.391. The Morgan fingerprint density at radius 1 is 1.29 bits per heavy atom. The minimum Gasteiger partial charge on any atom is -0.496 e. The number of hydrogen-bond acceptors (Lipinski definition) is 3. The van der Waals surface area contributed by atoms with Crippen molar-refractivity contribution in [3.63, 3.8) is 0 Å². The average Bonchev–Trinajstić information content (AvgIpc) is 2.26. The molecule has 1 aromatic rings. The van der Waals surface area contributed by atoms with Crippen LogP contribution in [0.5, 0.6) is 5.75 Å². The van der Waals surface area contributed by atoms with Gasteiger partial charge < -0.3 is 4.74 Å². The fourth-order valence-corrected chi connectivity index (χ4v) is 2.23. The minimum atomic E-state index is -3.18. The third kappa shape index (κ3) is 4.02. The third-order valence-electron chi connectivity index (χ3n) is 2.61. The van der Waals surface area contributed by atoms with E-state index < -0.39 is 10.0 Å². The molecule has 0 spiro atoms. The summed E-state index contributed by atoms with van der Waals surface area (Å²) in [7, 11) is -1.57. The van der Waals surface area contributed by atoms with Crippen LogP contribution in [0.3, 0.4) is 0 Å². The lowest BCUT2D eigenvalue weighted by atomic mass is 9.84. The van der Waals surface area contributed by atoms with Crippen molar-refractivity contribution in [2.75, 3.05) is 19.9 Å². The van der Waals surface area contributed by atoms with E-state index in [0.29, 0.717) is 6.54 Å². The first kappa shape index (κ1) is 14.0. The van der Waals surface area contributed by atoms with Gasteiger partial charge in [0.15, 0.2) is 0 Å². The van der Waals surface area contributed by atoms with E-state index in [1.54, 1.807) is 7.11 Å². The Hall–Kier alpha value is -1.07. The van der Waals surface area contributed by atoms with Crippen molar-refractivity contribution in [3.05, 3.63) is 29.8 Å². The highest BCUT2D eigenvalue weighted by Crippen LogP contribution is 2.30. The predicted molar refractivity (Wildman–Crippen MR) is 68.9 cm³/mol. The summed E-state index contributed by atoms with van der Waals surface area (Å²) in [6.45, 7) is 4.29. The summed E-state index contributed by atoms with van der Waals surface area (Å²) in [6.07, 6.45) is 1.16. The van der Waals surface area contributed by atoms with E-state index >= 15 is 0 Å². The molecule has 1 N–H and O–H groups in total. The number of nitrogens with one attached hydrogen (secondary N) is 1. The van der Waals surface area contributed by atoms with E-state index in [-0.39, 0.29) is 5.41 Å². The molecule has 96 valence electrons. The van der Waals surface area contributed by atoms with Crippen LogP contribution in [0.1, 0.15) is 19.4 Å². The molecule has 0 bridgehead atoms. The largest absolute Gasteiger partial charge is 0.496 e. The van der Waals surface area contributed by atoms with Crippen molar-refractivity contribution in [1.82, 2.24) is 4.72 Å². The normalized spacial score (nSPS) is 12.5. The van der Waals surface area contributed by atoms with Crippen molar-refractivity contribution < 1.29 is 13.2 Å². The number of methoxy groups -OCH3 is 1. The molecule has 4 nitrogen and oxygen atoms in total. The van der Waals surface area contributed by atoms with E-state index in [4.69, 9.17) is 4.74 Å². The molecule has 1 aromatic carbocycles. The number of benzene rings is 1. The van der Waals surface area contributed by atoms with Crippen molar-refractivity contribution >= 4 is 10.0 Å². The summed E-state index contributed by atoms with van der Waals surface area (Å²) in [5.74, 6) is 0.771. The lowest BCUT2D eigenvalue weighted by Crippen LogP contribution is -2.36. The smallest absolute Gasteiger partial charge is 0.208 e. The van der Waals surface area contributed by atoms with E-state index in [2.05, 4.69) is 4.72 Å². The Morgan fingerprint density at radius 3 is 2.41 bits per heavy atom. The van der Waals surface area contributed by atoms with Gasteiger partial charge in [-0.25, -0.2) is 13.1 Å². The number of para-hydroxylation sites is 1. The zero-order chi connectivity index (χ0) is 13.1. The molecular weight excluding hydrogens is 238 g/mol. The molecule has 0 aliphatic carbocycles. The number of ether oxygens (including phenoxy) is 1. The van der Waals surface area contributed by atoms with Crippen LogP contribution in [0.15, 0.2) is 24.3 Å². The zero-order valence-electron chi connectivity index (χ0n) is 10.6. The van der Waals surface area contributed by atoms with Crippen LogP contribution in [-0.4, -0.2) is 28.3 Å². The molecule has 17 heavy (non-hydrogen) atoms. The summed E-state index contributed by atoms with van der Waals surface area (Å²) in [4.78, 5) is 0. The lowest BCUT2D eigenvalue weighted by Gasteiger charge is -2.27. The molecule has 5 heteroatoms. The van der Waals surface area contributed by atoms with Gasteiger partial charge in [0.25, 0.3) is 0 Å². The van der Waals surface area contributed by atoms with Crippen molar-refractivity contribution in [2.24, 2.45) is 0 Å². The first-order chi connectivity index (χ1) is 7.76. The van der Waals surface area contributed by atoms with Crippen molar-refractivity contribution in [2.45, 2.75) is 19.3 Å². The maximum absolute atomic E-state index is 11.1. The summed E-state index contributed by atoms with van der Waals surface area (Å²) in [5.41, 5.74) is 0.661. The maximum Gasteiger partial charge on any atom is 0.208 e. The first-order valence-electron chi connectivity index (χ1n) is 5.34. The Bertz CT molecular complexity index is 480. The maximum atomic E-state index is 11.1. The van der Waals surface area contributed by atoms with Crippen LogP contribution in [0.25, 0.3) is 0 Å². The Morgan fingerprint density at radius 2 is 1.88 bits per heavy atom. The van der Waals surface area contributed by atoms with Crippen LogP contribution >= 0.6 is 0 Å². The monoisotopic (exact) mass is 257 g/mol. The summed E-state index contributed by atoms with van der Waals surface area (Å²) in [6, 6.07) is 7.63. The molecule has 0 heterocycles. The third-order valence-corrected chi connectivity index (χ3v) is 3.28. The van der Waals surface area contributed by atoms with Gasteiger partial charge in [-0.3, -0.25) is 0 Å². The number of rotatable bonds is 5. The molecule has 0 aliphatic rings. The second-order valence-corrected chi connectivity index (χ2v) is 6.51. The fourth-order valence-electron chi connectivity index (χ4n) is 1.61. The fraction of sp³-hybridized carbons (Fsp3) is 0.500. The highest BCUT2D eigenvalue weighted by Gasteiger charge is 2.25. The molecule has 1 rings (SSSR count). The second-order valence-electron chi connectivity index (χ2n) is 4.68. The quantitative estimate of drug-likeness (QED) is 0.870. The van der Waals surface area contributed by atoms with Crippen LogP contribution in [0.2, 0.25) is 0 Å². The molecule has 0 unspecified atom stereocenters. The standard InChI is InChI=1S/C12H19NO3S/c1-12(2,9-13-17(4,14)15)10-7-5-6-8-11(10)16-3/h5-8,13H,9H2,1-4H3. The van der Waals surface area contributed by atoms with E-state index in [0.717, 1.165) is 17.6 Å². The van der Waals surface area contributed by atoms with E-state index in [1.165, 1.54) is 0 Å². The van der Waals surface area contributed by atoms with Crippen molar-refractivity contribution in [1.29, 1.82) is 0 Å². The second kappa shape index (κ2) is 5.06. The van der Waals surface area contributed by atoms with Crippen LogP contribution in [0.4, 0.5) is 0 Å². The van der Waals surface area contributed by atoms with Gasteiger partial charge in [0.2, 0.25) is 10.0 Å². The summed E-state index contributed by atoms with van der Waals surface area (Å²) in [5, 5.41) is 0. The van der Waals surface area contributed by atoms with Gasteiger partial charge >= 0.3 is 0 Å². The molecule has 0 radical (unpaired) electrons. The molecule has 0 atom stereocenters. The Balaban J connectivity index is 2.96. The molecule has 0 aliphatic heterocycles. The zero-order valence-corrected chi connectivity index (χ0v) is 11.5. The molecule has 0 amide bonds. The average molecular weight is 257 g/mol. The van der Waals surface area contributed by atoms with E-state index in [1.807, 2.05) is 38.1 Å². The Kier molecular flexibility index (Phi) is 4.16. The first-order valence-corrected chi connectivity index (χ1v) is 7.23. The predicted octanol–water partition coefficient (Wildman–Crippen LogP) is 1.52. The van der Waals surface area contributed by atoms with Crippen LogP contribution < -0.4 is 9.46 Å². The van der Waals surface area contributed by atoms with Gasteiger partial charge in [-0.05, 0) is 6.07 Å².